The van der Waals surface area contributed by atoms with Crippen LogP contribution in [0.2, 0.25) is 0 Å². The van der Waals surface area contributed by atoms with E-state index in [1.807, 2.05) is 78.6 Å². The summed E-state index contributed by atoms with van der Waals surface area (Å²) in [7, 11) is 0. The molecule has 5 nitrogen and oxygen atoms in total. The predicted octanol–water partition coefficient (Wildman–Crippen LogP) is 4.74. The zero-order valence-corrected chi connectivity index (χ0v) is 16.8. The topological polar surface area (TPSA) is 48.0 Å². The summed E-state index contributed by atoms with van der Waals surface area (Å²) >= 11 is 0. The minimum Gasteiger partial charge on any atom is -0.486 e. The molecule has 0 saturated carbocycles. The Hall–Kier alpha value is -3.47. The van der Waals surface area contributed by atoms with Crippen LogP contribution in [-0.4, -0.2) is 30.6 Å². The molecule has 0 radical (unpaired) electrons. The third-order valence-corrected chi connectivity index (χ3v) is 5.60. The molecule has 0 aliphatic carbocycles. The Kier molecular flexibility index (Phi) is 4.79. The van der Waals surface area contributed by atoms with Crippen molar-refractivity contribution in [1.29, 1.82) is 0 Å². The third kappa shape index (κ3) is 3.26. The van der Waals surface area contributed by atoms with Crippen LogP contribution in [0.1, 0.15) is 29.5 Å². The van der Waals surface area contributed by atoms with Gasteiger partial charge in [0.05, 0.1) is 5.92 Å². The summed E-state index contributed by atoms with van der Waals surface area (Å²) in [6.07, 6.45) is 0. The molecule has 0 fully saturated rings. The molecule has 0 aromatic heterocycles. The minimum atomic E-state index is -0.386. The van der Waals surface area contributed by atoms with E-state index < -0.39 is 0 Å². The van der Waals surface area contributed by atoms with Gasteiger partial charge in [-0.25, -0.2) is 0 Å². The quantitative estimate of drug-likeness (QED) is 0.633. The molecule has 0 atom stereocenters. The van der Waals surface area contributed by atoms with Crippen LogP contribution in [0.15, 0.2) is 66.7 Å². The van der Waals surface area contributed by atoms with Crippen molar-refractivity contribution >= 4 is 5.91 Å². The molecular weight excluding hydrogens is 378 g/mol. The molecule has 0 bridgehead atoms. The van der Waals surface area contributed by atoms with Crippen molar-refractivity contribution in [3.8, 4) is 23.0 Å². The van der Waals surface area contributed by atoms with Crippen LogP contribution in [0.3, 0.4) is 0 Å². The number of carbonyl (C=O) groups excluding carboxylic acids is 1. The largest absolute Gasteiger partial charge is 0.486 e. The van der Waals surface area contributed by atoms with Gasteiger partial charge in [-0.05, 0) is 36.8 Å². The van der Waals surface area contributed by atoms with Gasteiger partial charge < -0.3 is 19.1 Å². The Morgan fingerprint density at radius 3 is 2.17 bits per heavy atom. The van der Waals surface area contributed by atoms with Crippen LogP contribution >= 0.6 is 0 Å². The van der Waals surface area contributed by atoms with Crippen LogP contribution in [0.25, 0.3) is 0 Å². The van der Waals surface area contributed by atoms with E-state index in [-0.39, 0.29) is 11.8 Å². The Bertz CT molecular complexity index is 1050. The Balaban J connectivity index is 1.47. The molecule has 2 aliphatic heterocycles. The van der Waals surface area contributed by atoms with Crippen LogP contribution < -0.4 is 14.2 Å². The van der Waals surface area contributed by atoms with E-state index in [1.165, 1.54) is 0 Å². The van der Waals surface area contributed by atoms with Gasteiger partial charge in [0.1, 0.15) is 24.7 Å². The number of ether oxygens (including phenoxy) is 3. The van der Waals surface area contributed by atoms with Crippen LogP contribution in [0, 0.1) is 0 Å². The second-order valence-electron chi connectivity index (χ2n) is 7.44. The number of carbonyl (C=O) groups is 1. The van der Waals surface area contributed by atoms with Gasteiger partial charge in [-0.15, -0.1) is 0 Å². The first-order valence-electron chi connectivity index (χ1n) is 10.3. The van der Waals surface area contributed by atoms with Crippen molar-refractivity contribution < 1.29 is 19.0 Å². The number of benzene rings is 3. The van der Waals surface area contributed by atoms with E-state index in [9.17, 15) is 4.79 Å². The van der Waals surface area contributed by atoms with Crippen molar-refractivity contribution in [3.63, 3.8) is 0 Å². The van der Waals surface area contributed by atoms with Gasteiger partial charge in [0.15, 0.2) is 11.5 Å². The number of amides is 1. The van der Waals surface area contributed by atoms with E-state index in [1.54, 1.807) is 0 Å². The van der Waals surface area contributed by atoms with Gasteiger partial charge in [0.2, 0.25) is 5.91 Å². The van der Waals surface area contributed by atoms with Gasteiger partial charge in [0, 0.05) is 24.2 Å². The highest BCUT2D eigenvalue weighted by Gasteiger charge is 2.34. The predicted molar refractivity (Wildman–Crippen MR) is 113 cm³/mol. The average Bonchev–Trinajstić information content (AvgIpc) is 2.80. The fraction of sp³-hybridized carbons (Fsp3) is 0.240. The second-order valence-corrected chi connectivity index (χ2v) is 7.44. The molecule has 5 rings (SSSR count). The van der Waals surface area contributed by atoms with E-state index >= 15 is 0 Å². The molecule has 0 N–H and O–H groups in total. The summed E-state index contributed by atoms with van der Waals surface area (Å²) < 4.78 is 17.4. The van der Waals surface area contributed by atoms with Crippen molar-refractivity contribution in [2.45, 2.75) is 19.4 Å². The summed E-state index contributed by atoms with van der Waals surface area (Å²) in [5, 5.41) is 0. The first-order chi connectivity index (χ1) is 14.7. The molecule has 5 heteroatoms. The lowest BCUT2D eigenvalue weighted by molar-refractivity contribution is -0.132. The molecule has 3 aromatic carbocycles. The number of rotatable bonds is 4. The molecular formula is C25H23NO4. The molecule has 0 spiro atoms. The van der Waals surface area contributed by atoms with Crippen molar-refractivity contribution in [1.82, 2.24) is 4.90 Å². The van der Waals surface area contributed by atoms with E-state index in [4.69, 9.17) is 14.2 Å². The van der Waals surface area contributed by atoms with Gasteiger partial charge in [0.25, 0.3) is 0 Å². The smallest absolute Gasteiger partial charge is 0.235 e. The van der Waals surface area contributed by atoms with Crippen molar-refractivity contribution in [2.75, 3.05) is 19.8 Å². The summed E-state index contributed by atoms with van der Waals surface area (Å²) in [5.74, 6) is 2.66. The third-order valence-electron chi connectivity index (χ3n) is 5.60. The summed E-state index contributed by atoms with van der Waals surface area (Å²) in [5.41, 5.74) is 2.83. The number of para-hydroxylation sites is 2. The van der Waals surface area contributed by atoms with Gasteiger partial charge >= 0.3 is 0 Å². The van der Waals surface area contributed by atoms with Crippen LogP contribution in [0.4, 0.5) is 0 Å². The Morgan fingerprint density at radius 1 is 0.867 bits per heavy atom. The zero-order chi connectivity index (χ0) is 20.5. The lowest BCUT2D eigenvalue weighted by atomic mass is 9.86. The minimum absolute atomic E-state index is 0.0654. The Labute approximate surface area is 175 Å². The molecule has 30 heavy (non-hydrogen) atoms. The molecule has 152 valence electrons. The van der Waals surface area contributed by atoms with Crippen molar-refractivity contribution in [2.24, 2.45) is 0 Å². The lowest BCUT2D eigenvalue weighted by Crippen LogP contribution is -2.36. The normalized spacial score (nSPS) is 14.3. The van der Waals surface area contributed by atoms with Crippen molar-refractivity contribution in [3.05, 3.63) is 83.4 Å². The monoisotopic (exact) mass is 401 g/mol. The molecule has 2 heterocycles. The molecule has 0 unspecified atom stereocenters. The second kappa shape index (κ2) is 7.75. The standard InChI is InChI=1S/C25H23NO4/c1-2-26(16-17-11-12-22-23(15-17)29-14-13-28-22)25(27)24-18-7-3-5-9-20(18)30-21-10-6-4-8-19(21)24/h3-12,15,24H,2,13-14,16H2,1H3. The van der Waals surface area contributed by atoms with Gasteiger partial charge in [-0.2, -0.15) is 0 Å². The summed E-state index contributed by atoms with van der Waals surface area (Å²) in [4.78, 5) is 15.6. The maximum atomic E-state index is 13.8. The molecule has 0 saturated heterocycles. The highest BCUT2D eigenvalue weighted by atomic mass is 16.6. The lowest BCUT2D eigenvalue weighted by Gasteiger charge is -2.32. The number of likely N-dealkylation sites (N-methyl/N-ethyl adjacent to an activating group) is 1. The summed E-state index contributed by atoms with van der Waals surface area (Å²) in [6, 6.07) is 21.4. The van der Waals surface area contributed by atoms with Gasteiger partial charge in [-0.1, -0.05) is 42.5 Å². The van der Waals surface area contributed by atoms with E-state index in [2.05, 4.69) is 0 Å². The maximum absolute atomic E-state index is 13.8. The fourth-order valence-electron chi connectivity index (χ4n) is 4.11. The fourth-order valence-corrected chi connectivity index (χ4v) is 4.11. The highest BCUT2D eigenvalue weighted by molar-refractivity contribution is 5.89. The number of nitrogens with zero attached hydrogens (tertiary/aromatic N) is 1. The highest BCUT2D eigenvalue weighted by Crippen LogP contribution is 2.44. The van der Waals surface area contributed by atoms with Gasteiger partial charge in [-0.3, -0.25) is 4.79 Å². The number of hydrogen-bond acceptors (Lipinski definition) is 4. The Morgan fingerprint density at radius 2 is 1.50 bits per heavy atom. The number of fused-ring (bicyclic) bond motifs is 3. The molecule has 1 amide bonds. The van der Waals surface area contributed by atoms with E-state index in [0.717, 1.165) is 39.7 Å². The SMILES string of the molecule is CCN(Cc1ccc2c(c1)OCCO2)C(=O)C1c2ccccc2Oc2ccccc21. The first kappa shape index (κ1) is 18.6. The van der Waals surface area contributed by atoms with Crippen LogP contribution in [0.5, 0.6) is 23.0 Å². The average molecular weight is 401 g/mol. The number of hydrogen-bond donors (Lipinski definition) is 0. The van der Waals surface area contributed by atoms with Crippen LogP contribution in [-0.2, 0) is 11.3 Å². The summed E-state index contributed by atoms with van der Waals surface area (Å²) in [6.45, 7) is 4.23. The zero-order valence-electron chi connectivity index (χ0n) is 16.8. The molecule has 3 aromatic rings. The van der Waals surface area contributed by atoms with E-state index in [0.29, 0.717) is 26.3 Å². The maximum Gasteiger partial charge on any atom is 0.235 e. The molecule has 2 aliphatic rings. The first-order valence-corrected chi connectivity index (χ1v) is 10.3.